The molecule has 29 heavy (non-hydrogen) atoms. The van der Waals surface area contributed by atoms with Crippen molar-refractivity contribution in [1.82, 2.24) is 0 Å². The summed E-state index contributed by atoms with van der Waals surface area (Å²) in [6.45, 7) is 8.45. The number of carbonyl (C=O) groups is 2. The molecule has 4 nitrogen and oxygen atoms in total. The average molecular weight is 431 g/mol. The van der Waals surface area contributed by atoms with Crippen molar-refractivity contribution < 1.29 is 19.1 Å². The van der Waals surface area contributed by atoms with Crippen LogP contribution >= 0.6 is 11.8 Å². The van der Waals surface area contributed by atoms with Crippen molar-refractivity contribution in [2.45, 2.75) is 50.8 Å². The van der Waals surface area contributed by atoms with Gasteiger partial charge in [-0.2, -0.15) is 0 Å². The predicted octanol–water partition coefficient (Wildman–Crippen LogP) is 4.08. The number of carbonyl (C=O) groups excluding carboxylic acids is 1. The normalized spacial score (nSPS) is 13.1. The van der Waals surface area contributed by atoms with Crippen LogP contribution in [-0.2, 0) is 14.0 Å². The lowest BCUT2D eigenvalue weighted by Crippen LogP contribution is -2.67. The van der Waals surface area contributed by atoms with Crippen molar-refractivity contribution in [3.8, 4) is 0 Å². The molecule has 2 aromatic rings. The minimum Gasteiger partial charge on any atom is -0.481 e. The lowest BCUT2D eigenvalue weighted by Gasteiger charge is -2.43. The van der Waals surface area contributed by atoms with Gasteiger partial charge in [0.2, 0.25) is 0 Å². The Labute approximate surface area is 178 Å². The molecule has 2 rings (SSSR count). The first-order valence-electron chi connectivity index (χ1n) is 9.81. The molecule has 0 aliphatic heterocycles. The summed E-state index contributed by atoms with van der Waals surface area (Å²) in [5, 5.41) is 11.1. The number of rotatable bonds is 9. The second kappa shape index (κ2) is 10.2. The number of hydrogen-bond donors (Lipinski definition) is 1. The second-order valence-electron chi connectivity index (χ2n) is 8.14. The molecule has 0 bridgehead atoms. The van der Waals surface area contributed by atoms with E-state index in [1.54, 1.807) is 0 Å². The van der Waals surface area contributed by atoms with Gasteiger partial charge in [0.25, 0.3) is 8.32 Å². The number of thioether (sulfide) groups is 1. The molecule has 0 fully saturated rings. The topological polar surface area (TPSA) is 63.6 Å². The number of carboxylic acid groups (broad SMARTS) is 1. The van der Waals surface area contributed by atoms with Crippen LogP contribution in [0.3, 0.4) is 0 Å². The van der Waals surface area contributed by atoms with Gasteiger partial charge < -0.3 is 9.53 Å². The first-order chi connectivity index (χ1) is 13.7. The predicted molar refractivity (Wildman–Crippen MR) is 123 cm³/mol. The maximum absolute atomic E-state index is 11.7. The van der Waals surface area contributed by atoms with E-state index < -0.39 is 14.3 Å². The SMILES string of the molecule is CC(=O)S[C@@H](CCC(=O)O)CO[Si](c1ccccc1)(c1ccccc1)C(C)(C)C. The zero-order chi connectivity index (χ0) is 21.5. The van der Waals surface area contributed by atoms with Gasteiger partial charge in [-0.25, -0.2) is 0 Å². The van der Waals surface area contributed by atoms with Gasteiger partial charge in [-0.05, 0) is 21.8 Å². The van der Waals surface area contributed by atoms with Crippen molar-refractivity contribution >= 4 is 41.5 Å². The number of carboxylic acids is 1. The highest BCUT2D eigenvalue weighted by molar-refractivity contribution is 8.14. The monoisotopic (exact) mass is 430 g/mol. The van der Waals surface area contributed by atoms with Crippen LogP contribution in [0.2, 0.25) is 5.04 Å². The van der Waals surface area contributed by atoms with E-state index in [1.165, 1.54) is 29.1 Å². The molecule has 2 aromatic carbocycles. The highest BCUT2D eigenvalue weighted by atomic mass is 32.2. The maximum atomic E-state index is 11.7. The minimum atomic E-state index is -2.69. The molecule has 0 aromatic heterocycles. The maximum Gasteiger partial charge on any atom is 0.303 e. The Bertz CT molecular complexity index is 763. The van der Waals surface area contributed by atoms with Crippen molar-refractivity contribution in [2.75, 3.05) is 6.61 Å². The Morgan fingerprint density at radius 1 is 1.00 bits per heavy atom. The van der Waals surface area contributed by atoms with Crippen LogP contribution in [0.5, 0.6) is 0 Å². The number of benzene rings is 2. The van der Waals surface area contributed by atoms with E-state index in [1.807, 2.05) is 36.4 Å². The van der Waals surface area contributed by atoms with E-state index in [0.29, 0.717) is 13.0 Å². The number of hydrogen-bond acceptors (Lipinski definition) is 4. The Balaban J connectivity index is 2.46. The van der Waals surface area contributed by atoms with Crippen LogP contribution < -0.4 is 10.4 Å². The van der Waals surface area contributed by atoms with Gasteiger partial charge >= 0.3 is 5.97 Å². The average Bonchev–Trinajstić information content (AvgIpc) is 2.66. The zero-order valence-corrected chi connectivity index (χ0v) is 19.4. The second-order valence-corrected chi connectivity index (χ2v) is 13.9. The van der Waals surface area contributed by atoms with Gasteiger partial charge in [-0.3, -0.25) is 9.59 Å². The standard InChI is InChI=1S/C23H30O4SSi/c1-18(24)28-19(15-16-22(25)26)17-27-29(23(2,3)4,20-11-7-5-8-12-20)21-13-9-6-10-14-21/h5-14,19H,15-17H2,1-4H3,(H,25,26)/t19-/m0/s1. The van der Waals surface area contributed by atoms with Gasteiger partial charge in [0, 0.05) is 25.2 Å². The molecule has 156 valence electrons. The highest BCUT2D eigenvalue weighted by Crippen LogP contribution is 2.37. The molecule has 0 aliphatic carbocycles. The third kappa shape index (κ3) is 6.04. The largest absolute Gasteiger partial charge is 0.481 e. The molecular weight excluding hydrogens is 400 g/mol. The quantitative estimate of drug-likeness (QED) is 0.608. The minimum absolute atomic E-state index is 0.0218. The molecule has 1 N–H and O–H groups in total. The first kappa shape index (κ1) is 23.4. The Kier molecular flexibility index (Phi) is 8.25. The van der Waals surface area contributed by atoms with Gasteiger partial charge in [0.15, 0.2) is 5.12 Å². The van der Waals surface area contributed by atoms with Crippen LogP contribution in [0.25, 0.3) is 0 Å². The molecule has 0 aliphatic rings. The van der Waals surface area contributed by atoms with Crippen molar-refractivity contribution in [3.63, 3.8) is 0 Å². The van der Waals surface area contributed by atoms with E-state index in [2.05, 4.69) is 45.0 Å². The van der Waals surface area contributed by atoms with E-state index in [-0.39, 0.29) is 21.8 Å². The fourth-order valence-electron chi connectivity index (χ4n) is 3.67. The summed E-state index contributed by atoms with van der Waals surface area (Å²) in [5.74, 6) is -0.857. The molecule has 6 heteroatoms. The molecule has 1 atom stereocenters. The van der Waals surface area contributed by atoms with Crippen molar-refractivity contribution in [3.05, 3.63) is 60.7 Å². The van der Waals surface area contributed by atoms with E-state index in [9.17, 15) is 9.59 Å². The summed E-state index contributed by atoms with van der Waals surface area (Å²) < 4.78 is 6.83. The smallest absolute Gasteiger partial charge is 0.303 e. The first-order valence-corrected chi connectivity index (χ1v) is 12.6. The molecule has 0 saturated carbocycles. The summed E-state index contributed by atoms with van der Waals surface area (Å²) in [6, 6.07) is 20.6. The fraction of sp³-hybridized carbons (Fsp3) is 0.391. The molecular formula is C23H30O4SSi. The van der Waals surface area contributed by atoms with E-state index in [4.69, 9.17) is 9.53 Å². The molecule has 0 radical (unpaired) electrons. The molecule has 0 spiro atoms. The zero-order valence-electron chi connectivity index (χ0n) is 17.6. The van der Waals surface area contributed by atoms with E-state index in [0.717, 1.165) is 0 Å². The third-order valence-electron chi connectivity index (χ3n) is 4.92. The summed E-state index contributed by atoms with van der Waals surface area (Å²) in [4.78, 5) is 22.8. The van der Waals surface area contributed by atoms with Gasteiger partial charge in [0.05, 0.1) is 0 Å². The van der Waals surface area contributed by atoms with Gasteiger partial charge in [-0.15, -0.1) is 0 Å². The molecule has 0 saturated heterocycles. The fourth-order valence-corrected chi connectivity index (χ4v) is 9.24. The van der Waals surface area contributed by atoms with Crippen LogP contribution in [0, 0.1) is 0 Å². The lowest BCUT2D eigenvalue weighted by molar-refractivity contribution is -0.137. The summed E-state index contributed by atoms with van der Waals surface area (Å²) >= 11 is 1.18. The summed E-state index contributed by atoms with van der Waals surface area (Å²) in [7, 11) is -2.69. The van der Waals surface area contributed by atoms with Crippen molar-refractivity contribution in [2.24, 2.45) is 0 Å². The summed E-state index contributed by atoms with van der Waals surface area (Å²) in [5.41, 5.74) is 0. The van der Waals surface area contributed by atoms with Crippen LogP contribution in [-0.4, -0.2) is 36.4 Å². The van der Waals surface area contributed by atoms with Gasteiger partial charge in [0.1, 0.15) is 0 Å². The van der Waals surface area contributed by atoms with Gasteiger partial charge in [-0.1, -0.05) is 93.2 Å². The number of aliphatic carboxylic acids is 1. The highest BCUT2D eigenvalue weighted by Gasteiger charge is 2.50. The lowest BCUT2D eigenvalue weighted by atomic mass is 10.2. The molecule has 0 amide bonds. The molecule has 0 unspecified atom stereocenters. The van der Waals surface area contributed by atoms with Crippen LogP contribution in [0.15, 0.2) is 60.7 Å². The Hall–Kier alpha value is -1.89. The Morgan fingerprint density at radius 2 is 1.48 bits per heavy atom. The van der Waals surface area contributed by atoms with Crippen LogP contribution in [0.1, 0.15) is 40.5 Å². The third-order valence-corrected chi connectivity index (χ3v) is 11.0. The van der Waals surface area contributed by atoms with E-state index >= 15 is 0 Å². The molecule has 0 heterocycles. The summed E-state index contributed by atoms with van der Waals surface area (Å²) in [6.07, 6.45) is 0.423. The van der Waals surface area contributed by atoms with Crippen LogP contribution in [0.4, 0.5) is 0 Å². The Morgan fingerprint density at radius 3 is 1.86 bits per heavy atom. The van der Waals surface area contributed by atoms with Crippen molar-refractivity contribution in [1.29, 1.82) is 0 Å².